The normalized spacial score (nSPS) is 23.6. The lowest BCUT2D eigenvalue weighted by Crippen LogP contribution is -2.38. The fourth-order valence-electron chi connectivity index (χ4n) is 3.98. The molecule has 8 heteroatoms. The number of nitrogens with zero attached hydrogens (tertiary/aromatic N) is 5. The van der Waals surface area contributed by atoms with E-state index in [0.717, 1.165) is 76.6 Å². The van der Waals surface area contributed by atoms with E-state index in [1.807, 2.05) is 0 Å². The molecule has 0 aromatic carbocycles. The Labute approximate surface area is 155 Å². The van der Waals surface area contributed by atoms with Crippen LogP contribution in [0.5, 0.6) is 0 Å². The number of piperidine rings is 2. The Hall–Kier alpha value is -1.06. The highest BCUT2D eigenvalue weighted by molar-refractivity contribution is 5.04. The van der Waals surface area contributed by atoms with Gasteiger partial charge in [-0.1, -0.05) is 0 Å². The monoisotopic (exact) mass is 367 g/mol. The van der Waals surface area contributed by atoms with Crippen LogP contribution in [0.15, 0.2) is 0 Å². The third-order valence-electron chi connectivity index (χ3n) is 5.58. The van der Waals surface area contributed by atoms with E-state index in [-0.39, 0.29) is 12.7 Å². The summed E-state index contributed by atoms with van der Waals surface area (Å²) in [5, 5.41) is 27.4. The molecule has 8 nitrogen and oxygen atoms in total. The average molecular weight is 367 g/mol. The van der Waals surface area contributed by atoms with E-state index < -0.39 is 0 Å². The quantitative estimate of drug-likeness (QED) is 0.624. The Kier molecular flexibility index (Phi) is 7.39. The van der Waals surface area contributed by atoms with Crippen molar-refractivity contribution in [3.8, 4) is 0 Å². The van der Waals surface area contributed by atoms with E-state index in [1.54, 1.807) is 0 Å². The Morgan fingerprint density at radius 3 is 2.65 bits per heavy atom. The summed E-state index contributed by atoms with van der Waals surface area (Å²) < 4.78 is 7.57. The van der Waals surface area contributed by atoms with Gasteiger partial charge in [-0.15, -0.1) is 10.2 Å². The molecule has 2 fully saturated rings. The molecule has 0 amide bonds. The number of aliphatic hydroxyl groups excluding tert-OH is 2. The van der Waals surface area contributed by atoms with Crippen LogP contribution in [0.25, 0.3) is 0 Å². The first-order chi connectivity index (χ1) is 12.7. The Morgan fingerprint density at radius 1 is 1.08 bits per heavy atom. The number of aliphatic hydroxyl groups is 2. The van der Waals surface area contributed by atoms with Crippen LogP contribution in [-0.4, -0.2) is 93.4 Å². The molecule has 2 aliphatic rings. The van der Waals surface area contributed by atoms with Crippen molar-refractivity contribution in [1.82, 2.24) is 24.6 Å². The van der Waals surface area contributed by atoms with Crippen molar-refractivity contribution in [2.24, 2.45) is 7.05 Å². The third kappa shape index (κ3) is 5.23. The highest BCUT2D eigenvalue weighted by atomic mass is 16.5. The molecule has 3 rings (SSSR count). The zero-order valence-corrected chi connectivity index (χ0v) is 15.9. The van der Waals surface area contributed by atoms with Crippen molar-refractivity contribution in [3.63, 3.8) is 0 Å². The lowest BCUT2D eigenvalue weighted by atomic mass is 9.97. The van der Waals surface area contributed by atoms with Crippen LogP contribution >= 0.6 is 0 Å². The number of hydrogen-bond acceptors (Lipinski definition) is 7. The summed E-state index contributed by atoms with van der Waals surface area (Å²) in [5.74, 6) is 2.51. The van der Waals surface area contributed by atoms with Gasteiger partial charge in [0.15, 0.2) is 0 Å². The smallest absolute Gasteiger partial charge is 0.146 e. The molecule has 1 aromatic heterocycles. The molecule has 0 bridgehead atoms. The average Bonchev–Trinajstić information content (AvgIpc) is 3.01. The van der Waals surface area contributed by atoms with Crippen molar-refractivity contribution in [1.29, 1.82) is 0 Å². The fraction of sp³-hybridized carbons (Fsp3) is 0.889. The fourth-order valence-corrected chi connectivity index (χ4v) is 3.98. The Bertz CT molecular complexity index is 545. The molecule has 0 aliphatic carbocycles. The molecule has 2 aliphatic heterocycles. The van der Waals surface area contributed by atoms with Gasteiger partial charge in [-0.2, -0.15) is 0 Å². The molecule has 1 aromatic rings. The lowest BCUT2D eigenvalue weighted by molar-refractivity contribution is 0.0666. The first-order valence-corrected chi connectivity index (χ1v) is 9.87. The van der Waals surface area contributed by atoms with Gasteiger partial charge in [-0.3, -0.25) is 4.90 Å². The predicted octanol–water partition coefficient (Wildman–Crippen LogP) is -0.0399. The van der Waals surface area contributed by atoms with Gasteiger partial charge in [0, 0.05) is 39.1 Å². The van der Waals surface area contributed by atoms with E-state index in [2.05, 4.69) is 31.6 Å². The molecular weight excluding hydrogens is 334 g/mol. The van der Waals surface area contributed by atoms with Gasteiger partial charge in [0.25, 0.3) is 0 Å². The molecule has 0 spiro atoms. The molecule has 2 saturated heterocycles. The molecular formula is C18H33N5O3. The number of aromatic nitrogens is 3. The minimum atomic E-state index is -0.143. The second kappa shape index (κ2) is 9.75. The molecule has 1 atom stereocenters. The van der Waals surface area contributed by atoms with Crippen LogP contribution in [-0.2, 0) is 18.3 Å². The topological polar surface area (TPSA) is 86.9 Å². The Morgan fingerprint density at radius 2 is 1.88 bits per heavy atom. The van der Waals surface area contributed by atoms with Crippen molar-refractivity contribution in [3.05, 3.63) is 11.6 Å². The number of ether oxygens (including phenoxy) is 1. The molecule has 0 unspecified atom stereocenters. The van der Waals surface area contributed by atoms with Crippen molar-refractivity contribution in [2.45, 2.75) is 44.2 Å². The summed E-state index contributed by atoms with van der Waals surface area (Å²) in [7, 11) is 2.08. The summed E-state index contributed by atoms with van der Waals surface area (Å²) in [5.41, 5.74) is 0. The maximum atomic E-state index is 9.65. The van der Waals surface area contributed by atoms with Gasteiger partial charge >= 0.3 is 0 Å². The highest BCUT2D eigenvalue weighted by Crippen LogP contribution is 2.26. The van der Waals surface area contributed by atoms with Crippen molar-refractivity contribution < 1.29 is 14.9 Å². The highest BCUT2D eigenvalue weighted by Gasteiger charge is 2.26. The first kappa shape index (κ1) is 19.7. The zero-order chi connectivity index (χ0) is 18.4. The lowest BCUT2D eigenvalue weighted by Gasteiger charge is -2.32. The van der Waals surface area contributed by atoms with E-state index >= 15 is 0 Å². The largest absolute Gasteiger partial charge is 0.394 e. The van der Waals surface area contributed by atoms with Gasteiger partial charge in [0.2, 0.25) is 0 Å². The van der Waals surface area contributed by atoms with Crippen LogP contribution in [0.1, 0.15) is 43.3 Å². The Balaban J connectivity index is 1.53. The maximum Gasteiger partial charge on any atom is 0.146 e. The molecule has 26 heavy (non-hydrogen) atoms. The number of likely N-dealkylation sites (tertiary alicyclic amines) is 2. The van der Waals surface area contributed by atoms with Crippen LogP contribution in [0.4, 0.5) is 0 Å². The number of hydrogen-bond donors (Lipinski definition) is 2. The van der Waals surface area contributed by atoms with Gasteiger partial charge in [0.05, 0.1) is 32.5 Å². The number of rotatable bonds is 8. The molecule has 0 saturated carbocycles. The summed E-state index contributed by atoms with van der Waals surface area (Å²) in [4.78, 5) is 4.78. The van der Waals surface area contributed by atoms with Crippen LogP contribution in [0, 0.1) is 0 Å². The van der Waals surface area contributed by atoms with Gasteiger partial charge in [-0.25, -0.2) is 0 Å². The molecule has 3 heterocycles. The second-order valence-electron chi connectivity index (χ2n) is 7.52. The van der Waals surface area contributed by atoms with Crippen LogP contribution in [0.3, 0.4) is 0 Å². The second-order valence-corrected chi connectivity index (χ2v) is 7.52. The van der Waals surface area contributed by atoms with Crippen molar-refractivity contribution >= 4 is 0 Å². The van der Waals surface area contributed by atoms with Crippen LogP contribution < -0.4 is 0 Å². The van der Waals surface area contributed by atoms with Gasteiger partial charge in [-0.05, 0) is 32.2 Å². The molecule has 0 radical (unpaired) electrons. The summed E-state index contributed by atoms with van der Waals surface area (Å²) >= 11 is 0. The van der Waals surface area contributed by atoms with E-state index in [1.165, 1.54) is 0 Å². The third-order valence-corrected chi connectivity index (χ3v) is 5.58. The van der Waals surface area contributed by atoms with Crippen LogP contribution in [0.2, 0.25) is 0 Å². The molecule has 148 valence electrons. The summed E-state index contributed by atoms with van der Waals surface area (Å²) in [6.45, 7) is 6.81. The minimum Gasteiger partial charge on any atom is -0.394 e. The van der Waals surface area contributed by atoms with Gasteiger partial charge in [0.1, 0.15) is 11.6 Å². The summed E-state index contributed by atoms with van der Waals surface area (Å²) in [6, 6.07) is 0. The van der Waals surface area contributed by atoms with Gasteiger partial charge < -0.3 is 24.4 Å². The maximum absolute atomic E-state index is 9.65. The first-order valence-electron chi connectivity index (χ1n) is 9.87. The SMILES string of the molecule is Cn1c(CN2CCC(O)CC2)nnc1[C@H]1CCCN(CCOCCO)C1. The standard InChI is InChI=1S/C18H33N5O3/c1-21-17(14-23-7-4-16(25)5-8-23)19-20-18(21)15-3-2-6-22(13-15)9-11-26-12-10-24/h15-16,24-25H,2-14H2,1H3/t15-/m0/s1. The summed E-state index contributed by atoms with van der Waals surface area (Å²) in [6.07, 6.45) is 3.87. The van der Waals surface area contributed by atoms with E-state index in [0.29, 0.717) is 19.1 Å². The molecule has 2 N–H and O–H groups in total. The van der Waals surface area contributed by atoms with E-state index in [9.17, 15) is 5.11 Å². The minimum absolute atomic E-state index is 0.0837. The zero-order valence-electron chi connectivity index (χ0n) is 15.9. The van der Waals surface area contributed by atoms with E-state index in [4.69, 9.17) is 9.84 Å². The van der Waals surface area contributed by atoms with Crippen molar-refractivity contribution in [2.75, 3.05) is 52.5 Å². The predicted molar refractivity (Wildman–Crippen MR) is 97.8 cm³/mol.